The second-order valence-corrected chi connectivity index (χ2v) is 5.88. The first-order valence-corrected chi connectivity index (χ1v) is 7.66. The van der Waals surface area contributed by atoms with Crippen LogP contribution in [0.25, 0.3) is 16.7 Å². The lowest BCUT2D eigenvalue weighted by molar-refractivity contribution is -0.119. The Morgan fingerprint density at radius 1 is 0.958 bits per heavy atom. The summed E-state index contributed by atoms with van der Waals surface area (Å²) in [6.07, 6.45) is 2.96. The minimum absolute atomic E-state index is 0.314. The van der Waals surface area contributed by atoms with Crippen LogP contribution in [0.5, 0.6) is 0 Å². The van der Waals surface area contributed by atoms with Gasteiger partial charge in [-0.15, -0.1) is 0 Å². The quantitative estimate of drug-likeness (QED) is 0.683. The third-order valence-electron chi connectivity index (χ3n) is 4.34. The van der Waals surface area contributed by atoms with Crippen molar-refractivity contribution in [1.29, 1.82) is 0 Å². The monoisotopic (exact) mass is 317 g/mol. The first-order chi connectivity index (χ1) is 11.6. The molecule has 2 aromatic carbocycles. The highest BCUT2D eigenvalue weighted by Gasteiger charge is 2.33. The molecule has 0 N–H and O–H groups in total. The molecule has 3 aromatic rings. The van der Waals surface area contributed by atoms with Crippen molar-refractivity contribution in [1.82, 2.24) is 9.55 Å². The van der Waals surface area contributed by atoms with Gasteiger partial charge in [0, 0.05) is 6.08 Å². The van der Waals surface area contributed by atoms with E-state index in [0.717, 1.165) is 22.2 Å². The van der Waals surface area contributed by atoms with Crippen molar-refractivity contribution in [3.8, 4) is 0 Å². The van der Waals surface area contributed by atoms with E-state index in [-0.39, 0.29) is 11.8 Å². The summed E-state index contributed by atoms with van der Waals surface area (Å²) in [5.74, 6) is -0.685. The second kappa shape index (κ2) is 5.16. The van der Waals surface area contributed by atoms with Crippen molar-refractivity contribution in [3.63, 3.8) is 0 Å². The molecule has 1 aliphatic heterocycles. The van der Waals surface area contributed by atoms with E-state index in [1.54, 1.807) is 35.2 Å². The molecule has 0 atom stereocenters. The van der Waals surface area contributed by atoms with Crippen LogP contribution in [0.4, 0.5) is 5.69 Å². The molecule has 2 heterocycles. The van der Waals surface area contributed by atoms with Crippen LogP contribution in [0.2, 0.25) is 0 Å². The lowest BCUT2D eigenvalue weighted by atomic mass is 10.1. The zero-order valence-electron chi connectivity index (χ0n) is 13.4. The van der Waals surface area contributed by atoms with Gasteiger partial charge in [0.2, 0.25) is 0 Å². The molecule has 0 radical (unpaired) electrons. The molecule has 4 rings (SSSR count). The number of carbonyl (C=O) groups excluding carboxylic acids is 2. The number of benzene rings is 2. The minimum atomic E-state index is -0.344. The predicted octanol–water partition coefficient (Wildman–Crippen LogP) is 3.07. The third kappa shape index (κ3) is 2.06. The number of nitrogens with zero attached hydrogens (tertiary/aromatic N) is 3. The van der Waals surface area contributed by atoms with Crippen LogP contribution in [0.15, 0.2) is 54.9 Å². The van der Waals surface area contributed by atoms with Gasteiger partial charge < -0.3 is 0 Å². The van der Waals surface area contributed by atoms with Crippen LogP contribution < -0.4 is 4.90 Å². The van der Waals surface area contributed by atoms with Gasteiger partial charge in [0.1, 0.15) is 12.0 Å². The van der Waals surface area contributed by atoms with Crippen LogP contribution in [0.1, 0.15) is 11.1 Å². The normalized spacial score (nSPS) is 14.6. The number of fused-ring (bicyclic) bond motifs is 1. The lowest BCUT2D eigenvalue weighted by Crippen LogP contribution is -2.31. The smallest absolute Gasteiger partial charge is 0.282 e. The largest absolute Gasteiger partial charge is 0.293 e. The van der Waals surface area contributed by atoms with Crippen LogP contribution >= 0.6 is 0 Å². The van der Waals surface area contributed by atoms with Crippen molar-refractivity contribution < 1.29 is 9.59 Å². The van der Waals surface area contributed by atoms with E-state index in [1.165, 1.54) is 11.0 Å². The van der Waals surface area contributed by atoms with E-state index in [1.807, 2.05) is 32.0 Å². The van der Waals surface area contributed by atoms with Gasteiger partial charge in [0.05, 0.1) is 16.7 Å². The van der Waals surface area contributed by atoms with E-state index in [9.17, 15) is 9.59 Å². The fourth-order valence-corrected chi connectivity index (χ4v) is 2.91. The molecule has 0 spiro atoms. The Morgan fingerprint density at radius 2 is 1.67 bits per heavy atom. The minimum Gasteiger partial charge on any atom is -0.293 e. The van der Waals surface area contributed by atoms with Gasteiger partial charge in [-0.2, -0.15) is 0 Å². The van der Waals surface area contributed by atoms with E-state index >= 15 is 0 Å². The van der Waals surface area contributed by atoms with E-state index < -0.39 is 0 Å². The molecule has 118 valence electrons. The molecule has 5 heteroatoms. The number of imide groups is 1. The van der Waals surface area contributed by atoms with E-state index in [0.29, 0.717) is 11.4 Å². The highest BCUT2D eigenvalue weighted by molar-refractivity contribution is 6.41. The number of amides is 2. The molecule has 0 unspecified atom stereocenters. The predicted molar refractivity (Wildman–Crippen MR) is 92.4 cm³/mol. The van der Waals surface area contributed by atoms with Crippen molar-refractivity contribution in [2.75, 3.05) is 4.90 Å². The molecule has 24 heavy (non-hydrogen) atoms. The standard InChI is InChI=1S/C19H15N3O2/c1-12-8-15-16(9-13(12)2)21(11-20-15)17-10-18(23)22(19(17)24)14-6-4-3-5-7-14/h3-11H,1-2H3. The number of para-hydroxylation sites is 1. The highest BCUT2D eigenvalue weighted by atomic mass is 16.2. The summed E-state index contributed by atoms with van der Waals surface area (Å²) in [5.41, 5.74) is 4.76. The zero-order chi connectivity index (χ0) is 16.8. The second-order valence-electron chi connectivity index (χ2n) is 5.88. The maximum absolute atomic E-state index is 12.8. The molecule has 0 saturated carbocycles. The third-order valence-corrected chi connectivity index (χ3v) is 4.34. The Bertz CT molecular complexity index is 1020. The number of anilines is 1. The van der Waals surface area contributed by atoms with Crippen LogP contribution in [-0.2, 0) is 9.59 Å². The number of aromatic nitrogens is 2. The van der Waals surface area contributed by atoms with Crippen molar-refractivity contribution >= 4 is 34.2 Å². The Balaban J connectivity index is 1.81. The van der Waals surface area contributed by atoms with Gasteiger partial charge in [-0.25, -0.2) is 9.88 Å². The van der Waals surface area contributed by atoms with E-state index in [4.69, 9.17) is 0 Å². The summed E-state index contributed by atoms with van der Waals surface area (Å²) < 4.78 is 1.69. The highest BCUT2D eigenvalue weighted by Crippen LogP contribution is 2.28. The first-order valence-electron chi connectivity index (χ1n) is 7.66. The molecule has 1 aromatic heterocycles. The van der Waals surface area contributed by atoms with Gasteiger partial charge in [-0.05, 0) is 49.2 Å². The van der Waals surface area contributed by atoms with Crippen LogP contribution in [-0.4, -0.2) is 21.4 Å². The van der Waals surface area contributed by atoms with Crippen molar-refractivity contribution in [2.24, 2.45) is 0 Å². The summed E-state index contributed by atoms with van der Waals surface area (Å²) in [5, 5.41) is 0. The Hall–Kier alpha value is -3.21. The topological polar surface area (TPSA) is 55.2 Å². The summed E-state index contributed by atoms with van der Waals surface area (Å²) >= 11 is 0. The first kappa shape index (κ1) is 14.4. The van der Waals surface area contributed by atoms with Gasteiger partial charge >= 0.3 is 0 Å². The lowest BCUT2D eigenvalue weighted by Gasteiger charge is -2.15. The van der Waals surface area contributed by atoms with Gasteiger partial charge in [-0.3, -0.25) is 14.2 Å². The molecule has 0 bridgehead atoms. The molecular weight excluding hydrogens is 302 g/mol. The average Bonchev–Trinajstić information content (AvgIpc) is 3.09. The Morgan fingerprint density at radius 3 is 2.42 bits per heavy atom. The molecule has 0 saturated heterocycles. The number of aryl methyl sites for hydroxylation is 2. The van der Waals surface area contributed by atoms with Crippen molar-refractivity contribution in [2.45, 2.75) is 13.8 Å². The van der Waals surface area contributed by atoms with Crippen LogP contribution in [0.3, 0.4) is 0 Å². The summed E-state index contributed by atoms with van der Waals surface area (Å²) in [7, 11) is 0. The number of imidazole rings is 1. The molecule has 0 fully saturated rings. The SMILES string of the molecule is Cc1cc2ncn(C3=CC(=O)N(c4ccccc4)C3=O)c2cc1C. The Kier molecular flexibility index (Phi) is 3.09. The summed E-state index contributed by atoms with van der Waals surface area (Å²) in [6.45, 7) is 4.03. The van der Waals surface area contributed by atoms with Crippen LogP contribution in [0, 0.1) is 13.8 Å². The zero-order valence-corrected chi connectivity index (χ0v) is 13.4. The number of rotatable bonds is 2. The average molecular weight is 317 g/mol. The maximum atomic E-state index is 12.8. The fourth-order valence-electron chi connectivity index (χ4n) is 2.91. The molecular formula is C19H15N3O2. The van der Waals surface area contributed by atoms with Crippen molar-refractivity contribution in [3.05, 3.63) is 66.0 Å². The molecule has 1 aliphatic rings. The van der Waals surface area contributed by atoms with Gasteiger partial charge in [0.15, 0.2) is 0 Å². The number of hydrogen-bond donors (Lipinski definition) is 0. The number of carbonyl (C=O) groups is 2. The molecule has 5 nitrogen and oxygen atoms in total. The maximum Gasteiger partial charge on any atom is 0.282 e. The van der Waals surface area contributed by atoms with E-state index in [2.05, 4.69) is 4.98 Å². The summed E-state index contributed by atoms with van der Waals surface area (Å²) in [4.78, 5) is 30.7. The summed E-state index contributed by atoms with van der Waals surface area (Å²) in [6, 6.07) is 12.9. The Labute approximate surface area is 138 Å². The fraction of sp³-hybridized carbons (Fsp3) is 0.105. The van der Waals surface area contributed by atoms with Gasteiger partial charge in [-0.1, -0.05) is 18.2 Å². The molecule has 2 amide bonds. The van der Waals surface area contributed by atoms with Gasteiger partial charge in [0.25, 0.3) is 11.8 Å². The number of hydrogen-bond acceptors (Lipinski definition) is 3. The molecule has 0 aliphatic carbocycles.